The molecule has 5 nitrogen and oxygen atoms in total. The lowest BCUT2D eigenvalue weighted by Gasteiger charge is -2.17. The molecule has 0 aromatic heterocycles. The second kappa shape index (κ2) is 8.17. The minimum atomic E-state index is -4.62. The molecule has 26 heavy (non-hydrogen) atoms. The molecule has 0 aliphatic rings. The van der Waals surface area contributed by atoms with Crippen LogP contribution < -0.4 is 15.4 Å². The Kier molecular flexibility index (Phi) is 6.19. The highest BCUT2D eigenvalue weighted by Gasteiger charge is 2.43. The summed E-state index contributed by atoms with van der Waals surface area (Å²) in [4.78, 5) is 23.8. The van der Waals surface area contributed by atoms with E-state index in [9.17, 15) is 27.2 Å². The molecule has 2 N–H and O–H groups in total. The predicted molar refractivity (Wildman–Crippen MR) is 88.6 cm³/mol. The van der Waals surface area contributed by atoms with Crippen LogP contribution in [0.2, 0.25) is 0 Å². The number of ether oxygens (including phenoxy) is 1. The maximum atomic E-state index is 12.8. The third-order valence-electron chi connectivity index (χ3n) is 2.97. The van der Waals surface area contributed by atoms with Gasteiger partial charge in [-0.15, -0.1) is 0 Å². The van der Waals surface area contributed by atoms with Gasteiger partial charge in [-0.25, -0.2) is 4.79 Å². The summed E-state index contributed by atoms with van der Waals surface area (Å²) >= 11 is 3.17. The van der Waals surface area contributed by atoms with E-state index in [0.717, 1.165) is 24.3 Å². The van der Waals surface area contributed by atoms with Gasteiger partial charge in [0.15, 0.2) is 0 Å². The summed E-state index contributed by atoms with van der Waals surface area (Å²) in [5.74, 6) is -1.17. The third kappa shape index (κ3) is 5.19. The molecule has 0 unspecified atom stereocenters. The first kappa shape index (κ1) is 19.7. The van der Waals surface area contributed by atoms with Gasteiger partial charge in [-0.2, -0.15) is 17.6 Å². The molecule has 0 spiro atoms. The molecule has 0 atom stereocenters. The standard InChI is InChI=1S/C16H11BrF4N2O3/c17-12-4-2-1-3-11(12)13(24)23-15(25)22-9-5-7-10(8-6-9)26-16(20,21)14(18)19/h1-8,14H,(H2,22,23,24,25). The smallest absolute Gasteiger partial charge is 0.428 e. The van der Waals surface area contributed by atoms with E-state index in [1.54, 1.807) is 18.2 Å². The van der Waals surface area contributed by atoms with Crippen LogP contribution in [0, 0.1) is 0 Å². The summed E-state index contributed by atoms with van der Waals surface area (Å²) < 4.78 is 54.1. The zero-order valence-electron chi connectivity index (χ0n) is 12.8. The normalized spacial score (nSPS) is 11.2. The average Bonchev–Trinajstić information content (AvgIpc) is 2.56. The topological polar surface area (TPSA) is 67.4 Å². The highest BCUT2D eigenvalue weighted by Crippen LogP contribution is 2.28. The number of nitrogens with one attached hydrogen (secondary N) is 2. The number of hydrogen-bond donors (Lipinski definition) is 2. The van der Waals surface area contributed by atoms with Gasteiger partial charge in [0.1, 0.15) is 5.75 Å². The lowest BCUT2D eigenvalue weighted by Crippen LogP contribution is -2.34. The van der Waals surface area contributed by atoms with Crippen molar-refractivity contribution in [3.63, 3.8) is 0 Å². The number of anilines is 1. The van der Waals surface area contributed by atoms with Crippen LogP contribution in [0.25, 0.3) is 0 Å². The second-order valence-electron chi connectivity index (χ2n) is 4.88. The van der Waals surface area contributed by atoms with Crippen molar-refractivity contribution in [3.05, 3.63) is 58.6 Å². The molecule has 0 aliphatic heterocycles. The van der Waals surface area contributed by atoms with Crippen molar-refractivity contribution in [3.8, 4) is 5.75 Å². The molecule has 10 heteroatoms. The van der Waals surface area contributed by atoms with Gasteiger partial charge in [0.05, 0.1) is 5.56 Å². The van der Waals surface area contributed by atoms with Crippen molar-refractivity contribution >= 4 is 33.6 Å². The van der Waals surface area contributed by atoms with E-state index in [1.165, 1.54) is 6.07 Å². The number of rotatable bonds is 5. The van der Waals surface area contributed by atoms with Crippen LogP contribution in [0.3, 0.4) is 0 Å². The first-order chi connectivity index (χ1) is 12.2. The van der Waals surface area contributed by atoms with E-state index < -0.39 is 30.2 Å². The Hall–Kier alpha value is -2.62. The minimum absolute atomic E-state index is 0.134. The fourth-order valence-electron chi connectivity index (χ4n) is 1.79. The summed E-state index contributed by atoms with van der Waals surface area (Å²) in [5.41, 5.74) is 0.371. The average molecular weight is 435 g/mol. The van der Waals surface area contributed by atoms with Gasteiger partial charge in [-0.3, -0.25) is 10.1 Å². The first-order valence-corrected chi connectivity index (χ1v) is 7.80. The molecule has 0 saturated carbocycles. The third-order valence-corrected chi connectivity index (χ3v) is 3.66. The number of amides is 3. The fourth-order valence-corrected chi connectivity index (χ4v) is 2.25. The zero-order valence-corrected chi connectivity index (χ0v) is 14.4. The quantitative estimate of drug-likeness (QED) is 0.673. The van der Waals surface area contributed by atoms with E-state index >= 15 is 0 Å². The number of carbonyl (C=O) groups is 2. The largest absolute Gasteiger partial charge is 0.461 e. The molecule has 2 rings (SSSR count). The molecule has 3 amide bonds. The fraction of sp³-hybridized carbons (Fsp3) is 0.125. The Morgan fingerprint density at radius 1 is 1.04 bits per heavy atom. The molecule has 0 radical (unpaired) electrons. The maximum absolute atomic E-state index is 12.8. The number of imide groups is 1. The van der Waals surface area contributed by atoms with Crippen LogP contribution in [-0.2, 0) is 0 Å². The monoisotopic (exact) mass is 434 g/mol. The molecule has 0 saturated heterocycles. The van der Waals surface area contributed by atoms with Crippen molar-refractivity contribution in [1.82, 2.24) is 5.32 Å². The van der Waals surface area contributed by atoms with Crippen LogP contribution >= 0.6 is 15.9 Å². The molecular formula is C16H11BrF4N2O3. The second-order valence-corrected chi connectivity index (χ2v) is 5.73. The van der Waals surface area contributed by atoms with Crippen LogP contribution in [0.4, 0.5) is 28.0 Å². The Morgan fingerprint density at radius 2 is 1.65 bits per heavy atom. The molecular weight excluding hydrogens is 424 g/mol. The highest BCUT2D eigenvalue weighted by molar-refractivity contribution is 9.10. The number of hydrogen-bond acceptors (Lipinski definition) is 3. The van der Waals surface area contributed by atoms with Crippen molar-refractivity contribution in [1.29, 1.82) is 0 Å². The lowest BCUT2D eigenvalue weighted by molar-refractivity contribution is -0.253. The molecule has 0 heterocycles. The molecule has 138 valence electrons. The Balaban J connectivity index is 1.95. The molecule has 2 aromatic carbocycles. The Bertz CT molecular complexity index is 800. The van der Waals surface area contributed by atoms with E-state index in [2.05, 4.69) is 31.3 Å². The zero-order chi connectivity index (χ0) is 19.3. The Morgan fingerprint density at radius 3 is 2.23 bits per heavy atom. The van der Waals surface area contributed by atoms with Gasteiger partial charge < -0.3 is 10.1 Å². The van der Waals surface area contributed by atoms with E-state index in [1.807, 2.05) is 0 Å². The molecule has 2 aromatic rings. The summed E-state index contributed by atoms with van der Waals surface area (Å²) in [6, 6.07) is 9.83. The predicted octanol–water partition coefficient (Wildman–Crippen LogP) is 4.65. The van der Waals surface area contributed by atoms with Crippen molar-refractivity contribution in [2.24, 2.45) is 0 Å². The summed E-state index contributed by atoms with van der Waals surface area (Å²) in [6.07, 6.45) is -8.60. The molecule has 0 aliphatic carbocycles. The SMILES string of the molecule is O=C(NC(=O)c1ccccc1Br)Nc1ccc(OC(F)(F)C(F)F)cc1. The molecule has 0 bridgehead atoms. The van der Waals surface area contributed by atoms with Gasteiger partial charge in [-0.1, -0.05) is 12.1 Å². The minimum Gasteiger partial charge on any atom is -0.428 e. The number of halogens is 5. The van der Waals surface area contributed by atoms with Gasteiger partial charge >= 0.3 is 18.6 Å². The first-order valence-electron chi connectivity index (χ1n) is 7.01. The lowest BCUT2D eigenvalue weighted by atomic mass is 10.2. The number of benzene rings is 2. The van der Waals surface area contributed by atoms with Gasteiger partial charge in [0, 0.05) is 10.2 Å². The van der Waals surface area contributed by atoms with Crippen molar-refractivity contribution in [2.45, 2.75) is 12.5 Å². The number of urea groups is 1. The van der Waals surface area contributed by atoms with Gasteiger partial charge in [0.2, 0.25) is 0 Å². The Labute approximate surface area is 153 Å². The highest BCUT2D eigenvalue weighted by atomic mass is 79.9. The van der Waals surface area contributed by atoms with E-state index in [4.69, 9.17) is 0 Å². The number of carbonyl (C=O) groups excluding carboxylic acids is 2. The van der Waals surface area contributed by atoms with Crippen molar-refractivity contribution < 1.29 is 31.9 Å². The summed E-state index contributed by atoms with van der Waals surface area (Å²) in [5, 5.41) is 4.38. The van der Waals surface area contributed by atoms with Crippen LogP contribution in [-0.4, -0.2) is 24.5 Å². The number of alkyl halides is 4. The maximum Gasteiger partial charge on any atom is 0.461 e. The van der Waals surface area contributed by atoms with E-state index in [-0.39, 0.29) is 11.3 Å². The molecule has 0 fully saturated rings. The van der Waals surface area contributed by atoms with Crippen LogP contribution in [0.15, 0.2) is 53.0 Å². The van der Waals surface area contributed by atoms with Crippen molar-refractivity contribution in [2.75, 3.05) is 5.32 Å². The van der Waals surface area contributed by atoms with Gasteiger partial charge in [0.25, 0.3) is 5.91 Å². The summed E-state index contributed by atoms with van der Waals surface area (Å²) in [7, 11) is 0. The van der Waals surface area contributed by atoms with E-state index in [0.29, 0.717) is 4.47 Å². The van der Waals surface area contributed by atoms with Crippen LogP contribution in [0.5, 0.6) is 5.75 Å². The summed E-state index contributed by atoms with van der Waals surface area (Å²) in [6.45, 7) is 0. The van der Waals surface area contributed by atoms with Crippen LogP contribution in [0.1, 0.15) is 10.4 Å². The van der Waals surface area contributed by atoms with Gasteiger partial charge in [-0.05, 0) is 52.3 Å².